The Labute approximate surface area is 251 Å². The van der Waals surface area contributed by atoms with E-state index in [1.54, 1.807) is 10.7 Å². The molecule has 3 heterocycles. The quantitative estimate of drug-likeness (QED) is 0.248. The van der Waals surface area contributed by atoms with Crippen molar-refractivity contribution in [2.24, 2.45) is 5.92 Å². The smallest absolute Gasteiger partial charge is 0.324 e. The number of hydrogen-bond acceptors (Lipinski definition) is 6. The summed E-state index contributed by atoms with van der Waals surface area (Å²) in [5.74, 6) is -0.490. The van der Waals surface area contributed by atoms with Crippen LogP contribution in [0.15, 0.2) is 54.6 Å². The number of ketones is 1. The highest BCUT2D eigenvalue weighted by Gasteiger charge is 2.37. The highest BCUT2D eigenvalue weighted by Crippen LogP contribution is 2.35. The number of piperidine rings is 1. The number of carbonyl (C=O) groups is 4. The molecule has 2 aliphatic heterocycles. The van der Waals surface area contributed by atoms with E-state index in [0.717, 1.165) is 48.4 Å². The van der Waals surface area contributed by atoms with Crippen molar-refractivity contribution in [2.75, 3.05) is 23.7 Å². The second kappa shape index (κ2) is 12.4. The Kier molecular flexibility index (Phi) is 8.63. The molecule has 2 aliphatic rings. The third-order valence-corrected chi connectivity index (χ3v) is 7.97. The average Bonchev–Trinajstić information content (AvgIpc) is 3.52. The molecule has 43 heavy (non-hydrogen) atoms. The third kappa shape index (κ3) is 7.11. The van der Waals surface area contributed by atoms with Crippen LogP contribution in [-0.2, 0) is 15.0 Å². The monoisotopic (exact) mass is 585 g/mol. The van der Waals surface area contributed by atoms with Crippen LogP contribution in [0.2, 0.25) is 0 Å². The lowest BCUT2D eigenvalue weighted by molar-refractivity contribution is -0.126. The Hall–Kier alpha value is -4.51. The van der Waals surface area contributed by atoms with Gasteiger partial charge in [-0.25, -0.2) is 14.3 Å². The minimum atomic E-state index is -0.882. The molecule has 0 spiro atoms. The van der Waals surface area contributed by atoms with E-state index >= 15 is 0 Å². The molecule has 2 fully saturated rings. The molecular weight excluding hydrogens is 546 g/mol. The van der Waals surface area contributed by atoms with Crippen molar-refractivity contribution in [3.05, 3.63) is 71.4 Å². The highest BCUT2D eigenvalue weighted by atomic mass is 16.2. The number of nitrogens with zero attached hydrogens (tertiary/aromatic N) is 2. The number of rotatable bonds is 8. The number of amides is 5. The second-order valence-corrected chi connectivity index (χ2v) is 12.4. The zero-order valence-corrected chi connectivity index (χ0v) is 25.0. The van der Waals surface area contributed by atoms with Crippen LogP contribution in [0.3, 0.4) is 0 Å². The van der Waals surface area contributed by atoms with Crippen LogP contribution in [-0.4, -0.2) is 52.7 Å². The number of hydrogen-bond donors (Lipinski definition) is 5. The lowest BCUT2D eigenvalue weighted by atomic mass is 9.76. The molecule has 5 rings (SSSR count). The zero-order chi connectivity index (χ0) is 30.7. The number of anilines is 2. The molecule has 226 valence electrons. The molecule has 2 aromatic carbocycles. The topological polar surface area (TPSA) is 146 Å². The summed E-state index contributed by atoms with van der Waals surface area (Å²) in [7, 11) is 0. The van der Waals surface area contributed by atoms with Crippen LogP contribution in [0.5, 0.6) is 0 Å². The molecule has 11 heteroatoms. The lowest BCUT2D eigenvalue weighted by Gasteiger charge is -2.31. The molecule has 5 N–H and O–H groups in total. The van der Waals surface area contributed by atoms with Crippen molar-refractivity contribution in [3.63, 3.8) is 0 Å². The molecule has 0 radical (unpaired) electrons. The molecule has 3 aromatic rings. The van der Waals surface area contributed by atoms with Gasteiger partial charge in [-0.2, -0.15) is 5.10 Å². The summed E-state index contributed by atoms with van der Waals surface area (Å²) in [4.78, 5) is 50.7. The summed E-state index contributed by atoms with van der Waals surface area (Å²) in [6.45, 7) is 9.80. The molecule has 11 nitrogen and oxygen atoms in total. The van der Waals surface area contributed by atoms with Crippen molar-refractivity contribution >= 4 is 35.3 Å². The van der Waals surface area contributed by atoms with Gasteiger partial charge in [0.15, 0.2) is 0 Å². The second-order valence-electron chi connectivity index (χ2n) is 12.4. The van der Waals surface area contributed by atoms with E-state index in [2.05, 4.69) is 47.4 Å². The van der Waals surface area contributed by atoms with Crippen LogP contribution in [0.25, 0.3) is 5.69 Å². The number of imide groups is 1. The lowest BCUT2D eigenvalue weighted by Crippen LogP contribution is -2.37. The molecule has 0 aliphatic carbocycles. The van der Waals surface area contributed by atoms with Gasteiger partial charge in [-0.15, -0.1) is 0 Å². The fraction of sp³-hybridized carbons (Fsp3) is 0.406. The number of benzene rings is 2. The number of nitrogens with one attached hydrogen (secondary N) is 5. The predicted molar refractivity (Wildman–Crippen MR) is 165 cm³/mol. The number of aryl methyl sites for hydroxylation is 1. The number of aromatic nitrogens is 2. The van der Waals surface area contributed by atoms with Gasteiger partial charge in [-0.05, 0) is 68.6 Å². The van der Waals surface area contributed by atoms with Crippen molar-refractivity contribution < 1.29 is 19.2 Å². The van der Waals surface area contributed by atoms with Gasteiger partial charge >= 0.3 is 12.1 Å². The van der Waals surface area contributed by atoms with Gasteiger partial charge in [0, 0.05) is 29.5 Å². The fourth-order valence-electron chi connectivity index (χ4n) is 5.64. The molecule has 5 amide bonds. The third-order valence-electron chi connectivity index (χ3n) is 7.97. The van der Waals surface area contributed by atoms with Crippen LogP contribution in [0.4, 0.5) is 21.1 Å². The van der Waals surface area contributed by atoms with Crippen molar-refractivity contribution in [1.29, 1.82) is 0 Å². The molecule has 0 bridgehead atoms. The summed E-state index contributed by atoms with van der Waals surface area (Å²) in [5, 5.41) is 18.7. The minimum Gasteiger partial charge on any atom is -0.326 e. The number of urea groups is 2. The van der Waals surface area contributed by atoms with Crippen molar-refractivity contribution in [3.8, 4) is 5.69 Å². The van der Waals surface area contributed by atoms with Gasteiger partial charge in [0.1, 0.15) is 17.6 Å². The van der Waals surface area contributed by atoms with E-state index in [0.29, 0.717) is 11.5 Å². The van der Waals surface area contributed by atoms with Crippen LogP contribution in [0.1, 0.15) is 62.8 Å². The first-order chi connectivity index (χ1) is 20.5. The molecule has 2 saturated heterocycles. The van der Waals surface area contributed by atoms with Gasteiger partial charge in [0.25, 0.3) is 5.91 Å². The molecule has 1 aromatic heterocycles. The van der Waals surface area contributed by atoms with Crippen LogP contribution < -0.4 is 26.6 Å². The normalized spacial score (nSPS) is 18.1. The average molecular weight is 586 g/mol. The number of carbonyl (C=O) groups excluding carboxylic acids is 4. The molecule has 2 atom stereocenters. The maximum Gasteiger partial charge on any atom is 0.324 e. The minimum absolute atomic E-state index is 0.0673. The Bertz CT molecular complexity index is 1520. The number of Topliss-reactive ketones (excluding diaryl/α,β-unsaturated/α-hetero) is 1. The van der Waals surface area contributed by atoms with Gasteiger partial charge in [0.05, 0.1) is 11.4 Å². The van der Waals surface area contributed by atoms with Gasteiger partial charge in [-0.1, -0.05) is 50.6 Å². The predicted octanol–water partition coefficient (Wildman–Crippen LogP) is 4.37. The Balaban J connectivity index is 1.36. The molecule has 0 saturated carbocycles. The first-order valence-electron chi connectivity index (χ1n) is 14.7. The van der Waals surface area contributed by atoms with Gasteiger partial charge in [0.2, 0.25) is 0 Å². The summed E-state index contributed by atoms with van der Waals surface area (Å²) < 4.78 is 1.72. The standard InChI is InChI=1S/C32H39N7O4/c1-19-8-10-23(11-9-19)39-27(18-26(38-39)32(2,3)4)36-30(42)34-22-7-5-6-21(16-22)28(20-12-14-33-15-13-20)25(40)17-24-29(41)37-31(43)35-24/h5-11,16,18,20,24,28,33H,12-15,17H2,1-4H3,(H2,34,36,42)(H2,35,37,41,43). The van der Waals surface area contributed by atoms with E-state index in [1.807, 2.05) is 55.5 Å². The summed E-state index contributed by atoms with van der Waals surface area (Å²) in [6, 6.07) is 15.1. The van der Waals surface area contributed by atoms with Crippen molar-refractivity contribution in [1.82, 2.24) is 25.7 Å². The van der Waals surface area contributed by atoms with E-state index in [4.69, 9.17) is 5.10 Å². The first kappa shape index (κ1) is 30.0. The van der Waals surface area contributed by atoms with E-state index < -0.39 is 29.9 Å². The Morgan fingerprint density at radius 2 is 1.74 bits per heavy atom. The first-order valence-corrected chi connectivity index (χ1v) is 14.7. The summed E-state index contributed by atoms with van der Waals surface area (Å²) in [6.07, 6.45) is 1.51. The molecular formula is C32H39N7O4. The maximum absolute atomic E-state index is 13.6. The largest absolute Gasteiger partial charge is 0.326 e. The molecule has 2 unspecified atom stereocenters. The highest BCUT2D eigenvalue weighted by molar-refractivity contribution is 6.06. The summed E-state index contributed by atoms with van der Waals surface area (Å²) >= 11 is 0. The van der Waals surface area contributed by atoms with E-state index in [9.17, 15) is 19.2 Å². The Morgan fingerprint density at radius 1 is 1.02 bits per heavy atom. The van der Waals surface area contributed by atoms with Gasteiger partial charge < -0.3 is 16.0 Å². The SMILES string of the molecule is Cc1ccc(-n2nc(C(C)(C)C)cc2NC(=O)Nc2cccc(C(C(=O)CC3NC(=O)NC3=O)C3CCNCC3)c2)cc1. The maximum atomic E-state index is 13.6. The van der Waals surface area contributed by atoms with E-state index in [1.165, 1.54) is 0 Å². The zero-order valence-electron chi connectivity index (χ0n) is 25.0. The fourth-order valence-corrected chi connectivity index (χ4v) is 5.64. The summed E-state index contributed by atoms with van der Waals surface area (Å²) in [5.41, 5.74) is 3.85. The van der Waals surface area contributed by atoms with Crippen molar-refractivity contribution in [2.45, 2.75) is 64.3 Å². The Morgan fingerprint density at radius 3 is 2.40 bits per heavy atom. The van der Waals surface area contributed by atoms with Crippen LogP contribution in [0, 0.1) is 12.8 Å². The van der Waals surface area contributed by atoms with E-state index in [-0.39, 0.29) is 23.5 Å². The van der Waals surface area contributed by atoms with Crippen LogP contribution >= 0.6 is 0 Å². The van der Waals surface area contributed by atoms with Gasteiger partial charge in [-0.3, -0.25) is 20.2 Å².